The van der Waals surface area contributed by atoms with Crippen LogP contribution in [0.5, 0.6) is 0 Å². The molecular weight excluding hydrogens is 238 g/mol. The molecule has 7 nitrogen and oxygen atoms in total. The Morgan fingerprint density at radius 1 is 1.28 bits per heavy atom. The molecule has 1 unspecified atom stereocenters. The Morgan fingerprint density at radius 2 is 1.89 bits per heavy atom. The van der Waals surface area contributed by atoms with Gasteiger partial charge in [0.1, 0.15) is 5.54 Å². The van der Waals surface area contributed by atoms with E-state index in [1.165, 1.54) is 7.05 Å². The average molecular weight is 259 g/mol. The van der Waals surface area contributed by atoms with E-state index in [0.717, 1.165) is 6.42 Å². The van der Waals surface area contributed by atoms with Gasteiger partial charge in [-0.05, 0) is 13.3 Å². The minimum atomic E-state index is -1.04. The molecule has 0 spiro atoms. The number of carbonyl (C=O) groups excluding carboxylic acids is 2. The molecule has 0 heterocycles. The minimum Gasteiger partial charge on any atom is -0.480 e. The number of hydrogen-bond acceptors (Lipinski definition) is 4. The quantitative estimate of drug-likeness (QED) is 0.517. The van der Waals surface area contributed by atoms with Crippen molar-refractivity contribution >= 4 is 17.9 Å². The summed E-state index contributed by atoms with van der Waals surface area (Å²) >= 11 is 0. The summed E-state index contributed by atoms with van der Waals surface area (Å²) in [6.07, 6.45) is 1.24. The smallest absolute Gasteiger partial charge is 0.323 e. The third-order valence-corrected chi connectivity index (χ3v) is 2.57. The lowest BCUT2D eigenvalue weighted by Gasteiger charge is -2.25. The summed E-state index contributed by atoms with van der Waals surface area (Å²) in [5.74, 6) is -1.40. The zero-order valence-corrected chi connectivity index (χ0v) is 11.0. The highest BCUT2D eigenvalue weighted by Gasteiger charge is 2.31. The van der Waals surface area contributed by atoms with Gasteiger partial charge in [0.15, 0.2) is 0 Å². The molecule has 0 bridgehead atoms. The summed E-state index contributed by atoms with van der Waals surface area (Å²) in [7, 11) is 1.41. The van der Waals surface area contributed by atoms with Crippen molar-refractivity contribution in [1.82, 2.24) is 16.0 Å². The first-order valence-electron chi connectivity index (χ1n) is 5.85. The van der Waals surface area contributed by atoms with Gasteiger partial charge in [0.2, 0.25) is 5.91 Å². The number of nitrogens with one attached hydrogen (secondary N) is 3. The van der Waals surface area contributed by atoms with E-state index < -0.39 is 23.4 Å². The molecule has 0 saturated carbocycles. The standard InChI is InChI=1S/C11H21N3O4/c1-4-6-11(2,9(16)17)13-7-5-8(15)14-10(18)12-3/h13H,4-7H2,1-3H3,(H,16,17)(H2,12,14,15,18). The Balaban J connectivity index is 4.11. The Labute approximate surface area is 106 Å². The number of aliphatic carboxylic acids is 1. The summed E-state index contributed by atoms with van der Waals surface area (Å²) in [4.78, 5) is 33.2. The molecule has 0 aromatic heterocycles. The summed E-state index contributed by atoms with van der Waals surface area (Å²) < 4.78 is 0. The zero-order valence-electron chi connectivity index (χ0n) is 11.0. The summed E-state index contributed by atoms with van der Waals surface area (Å²) in [6.45, 7) is 3.67. The number of carboxylic acids is 1. The van der Waals surface area contributed by atoms with E-state index in [9.17, 15) is 14.4 Å². The van der Waals surface area contributed by atoms with Crippen LogP contribution in [0.25, 0.3) is 0 Å². The summed E-state index contributed by atoms with van der Waals surface area (Å²) in [5, 5.41) is 16.3. The molecular formula is C11H21N3O4. The van der Waals surface area contributed by atoms with Gasteiger partial charge < -0.3 is 15.7 Å². The second kappa shape index (κ2) is 7.65. The highest BCUT2D eigenvalue weighted by molar-refractivity contribution is 5.94. The largest absolute Gasteiger partial charge is 0.480 e. The summed E-state index contributed by atoms with van der Waals surface area (Å²) in [6, 6.07) is -0.574. The highest BCUT2D eigenvalue weighted by Crippen LogP contribution is 2.12. The Kier molecular flexibility index (Phi) is 6.96. The molecule has 4 N–H and O–H groups in total. The van der Waals surface area contributed by atoms with Crippen LogP contribution in [0.15, 0.2) is 0 Å². The Morgan fingerprint density at radius 3 is 2.33 bits per heavy atom. The van der Waals surface area contributed by atoms with Gasteiger partial charge in [-0.3, -0.25) is 14.9 Å². The van der Waals surface area contributed by atoms with E-state index in [2.05, 4.69) is 16.0 Å². The minimum absolute atomic E-state index is 0.0417. The van der Waals surface area contributed by atoms with Crippen molar-refractivity contribution in [3.63, 3.8) is 0 Å². The molecule has 0 fully saturated rings. The molecule has 104 valence electrons. The Hall–Kier alpha value is -1.63. The van der Waals surface area contributed by atoms with Gasteiger partial charge in [-0.2, -0.15) is 0 Å². The lowest BCUT2D eigenvalue weighted by molar-refractivity contribution is -0.144. The van der Waals surface area contributed by atoms with Gasteiger partial charge in [0.05, 0.1) is 0 Å². The van der Waals surface area contributed by atoms with Crippen LogP contribution in [0.2, 0.25) is 0 Å². The topological polar surface area (TPSA) is 108 Å². The average Bonchev–Trinajstić information content (AvgIpc) is 2.28. The molecule has 0 aliphatic rings. The number of amides is 3. The zero-order chi connectivity index (χ0) is 14.2. The number of carbonyl (C=O) groups is 3. The fraction of sp³-hybridized carbons (Fsp3) is 0.727. The van der Waals surface area contributed by atoms with E-state index in [4.69, 9.17) is 5.11 Å². The maximum atomic E-state index is 11.3. The van der Waals surface area contributed by atoms with E-state index >= 15 is 0 Å². The van der Waals surface area contributed by atoms with Crippen molar-refractivity contribution in [2.24, 2.45) is 0 Å². The van der Waals surface area contributed by atoms with E-state index in [1.54, 1.807) is 6.92 Å². The second-order valence-corrected chi connectivity index (χ2v) is 4.19. The van der Waals surface area contributed by atoms with Crippen molar-refractivity contribution in [2.75, 3.05) is 13.6 Å². The van der Waals surface area contributed by atoms with Gasteiger partial charge in [-0.15, -0.1) is 0 Å². The van der Waals surface area contributed by atoms with Crippen LogP contribution < -0.4 is 16.0 Å². The third-order valence-electron chi connectivity index (χ3n) is 2.57. The first-order valence-corrected chi connectivity index (χ1v) is 5.85. The molecule has 1 atom stereocenters. The van der Waals surface area contributed by atoms with Crippen LogP contribution >= 0.6 is 0 Å². The number of rotatable bonds is 7. The van der Waals surface area contributed by atoms with Gasteiger partial charge in [-0.1, -0.05) is 13.3 Å². The van der Waals surface area contributed by atoms with Crippen molar-refractivity contribution < 1.29 is 19.5 Å². The van der Waals surface area contributed by atoms with Crippen molar-refractivity contribution in [3.05, 3.63) is 0 Å². The van der Waals surface area contributed by atoms with Crippen LogP contribution in [0.4, 0.5) is 4.79 Å². The monoisotopic (exact) mass is 259 g/mol. The van der Waals surface area contributed by atoms with Crippen LogP contribution in [0.3, 0.4) is 0 Å². The lowest BCUT2D eigenvalue weighted by Crippen LogP contribution is -2.50. The maximum absolute atomic E-state index is 11.3. The van der Waals surface area contributed by atoms with Crippen molar-refractivity contribution in [3.8, 4) is 0 Å². The number of hydrogen-bond donors (Lipinski definition) is 4. The molecule has 18 heavy (non-hydrogen) atoms. The molecule has 0 aliphatic heterocycles. The molecule has 0 aliphatic carbocycles. The fourth-order valence-electron chi connectivity index (χ4n) is 1.47. The third kappa shape index (κ3) is 5.62. The van der Waals surface area contributed by atoms with E-state index in [1.807, 2.05) is 6.92 Å². The van der Waals surface area contributed by atoms with Gasteiger partial charge >= 0.3 is 12.0 Å². The molecule has 0 saturated heterocycles. The number of carboxylic acid groups (broad SMARTS) is 1. The fourth-order valence-corrected chi connectivity index (χ4v) is 1.47. The van der Waals surface area contributed by atoms with E-state index in [0.29, 0.717) is 6.42 Å². The van der Waals surface area contributed by atoms with Gasteiger partial charge in [0, 0.05) is 20.0 Å². The summed E-state index contributed by atoms with van der Waals surface area (Å²) in [5.41, 5.74) is -1.04. The lowest BCUT2D eigenvalue weighted by atomic mass is 9.96. The maximum Gasteiger partial charge on any atom is 0.323 e. The Bertz CT molecular complexity index is 319. The van der Waals surface area contributed by atoms with Crippen LogP contribution in [0.1, 0.15) is 33.1 Å². The molecule has 3 amide bonds. The van der Waals surface area contributed by atoms with Crippen molar-refractivity contribution in [1.29, 1.82) is 0 Å². The molecule has 0 aromatic rings. The normalized spacial score (nSPS) is 13.5. The van der Waals surface area contributed by atoms with Gasteiger partial charge in [0.25, 0.3) is 0 Å². The first kappa shape index (κ1) is 16.4. The van der Waals surface area contributed by atoms with Gasteiger partial charge in [-0.25, -0.2) is 4.79 Å². The highest BCUT2D eigenvalue weighted by atomic mass is 16.4. The van der Waals surface area contributed by atoms with E-state index in [-0.39, 0.29) is 13.0 Å². The molecule has 0 rings (SSSR count). The number of urea groups is 1. The number of imide groups is 1. The van der Waals surface area contributed by atoms with Crippen LogP contribution in [-0.2, 0) is 9.59 Å². The molecule has 7 heteroatoms. The predicted octanol–water partition coefficient (Wildman–Crippen LogP) is 0.0651. The van der Waals surface area contributed by atoms with Crippen molar-refractivity contribution in [2.45, 2.75) is 38.6 Å². The molecule has 0 aromatic carbocycles. The van der Waals surface area contributed by atoms with Crippen LogP contribution in [-0.4, -0.2) is 42.1 Å². The SMILES string of the molecule is CCCC(C)(NCCC(=O)NC(=O)NC)C(=O)O. The second-order valence-electron chi connectivity index (χ2n) is 4.19. The molecule has 0 radical (unpaired) electrons. The first-order chi connectivity index (χ1) is 8.35. The predicted molar refractivity (Wildman–Crippen MR) is 66.2 cm³/mol. The van der Waals surface area contributed by atoms with Crippen LogP contribution in [0, 0.1) is 0 Å².